The van der Waals surface area contributed by atoms with Crippen molar-refractivity contribution in [3.63, 3.8) is 0 Å². The van der Waals surface area contributed by atoms with Crippen LogP contribution in [0.15, 0.2) is 48.5 Å². The molecule has 1 saturated heterocycles. The Kier molecular flexibility index (Phi) is 6.65. The molecule has 4 rings (SSSR count). The Labute approximate surface area is 192 Å². The van der Waals surface area contributed by atoms with Crippen LogP contribution in [0.2, 0.25) is 0 Å². The topological polar surface area (TPSA) is 105 Å². The predicted molar refractivity (Wildman–Crippen MR) is 121 cm³/mol. The lowest BCUT2D eigenvalue weighted by molar-refractivity contribution is -0.142. The van der Waals surface area contributed by atoms with Crippen molar-refractivity contribution in [3.05, 3.63) is 59.7 Å². The number of hydrogen-bond donors (Lipinski definition) is 2. The zero-order valence-electron chi connectivity index (χ0n) is 18.7. The van der Waals surface area contributed by atoms with Crippen molar-refractivity contribution < 1.29 is 29.0 Å². The Morgan fingerprint density at radius 3 is 2.21 bits per heavy atom. The number of ether oxygens (including phenoxy) is 2. The number of amides is 2. The van der Waals surface area contributed by atoms with Gasteiger partial charge >= 0.3 is 12.1 Å². The van der Waals surface area contributed by atoms with Crippen molar-refractivity contribution in [1.29, 1.82) is 0 Å². The minimum absolute atomic E-state index is 0.0361. The van der Waals surface area contributed by atoms with Gasteiger partial charge in [0.2, 0.25) is 5.91 Å². The molecule has 2 N–H and O–H groups in total. The molecule has 33 heavy (non-hydrogen) atoms. The third-order valence-electron chi connectivity index (χ3n) is 6.51. The SMILES string of the molecule is COCC(NC(=O)OCC1c2ccccc2-c2ccccc21)C(=O)N1C[C@@H](C)[C@H](C(=O)O)C1. The van der Waals surface area contributed by atoms with E-state index in [1.807, 2.05) is 36.4 Å². The molecule has 3 atom stereocenters. The van der Waals surface area contributed by atoms with Crippen LogP contribution in [0.3, 0.4) is 0 Å². The van der Waals surface area contributed by atoms with Gasteiger partial charge in [-0.3, -0.25) is 9.59 Å². The molecule has 0 bridgehead atoms. The van der Waals surface area contributed by atoms with E-state index in [4.69, 9.17) is 9.47 Å². The molecule has 1 aliphatic heterocycles. The summed E-state index contributed by atoms with van der Waals surface area (Å²) < 4.78 is 10.7. The van der Waals surface area contributed by atoms with E-state index in [0.717, 1.165) is 22.3 Å². The fourth-order valence-electron chi connectivity index (χ4n) is 4.81. The van der Waals surface area contributed by atoms with Crippen molar-refractivity contribution in [2.24, 2.45) is 11.8 Å². The Hall–Kier alpha value is -3.39. The lowest BCUT2D eigenvalue weighted by atomic mass is 9.98. The van der Waals surface area contributed by atoms with E-state index in [9.17, 15) is 19.5 Å². The van der Waals surface area contributed by atoms with Gasteiger partial charge in [0.15, 0.2) is 0 Å². The third kappa shape index (κ3) is 4.57. The second-order valence-corrected chi connectivity index (χ2v) is 8.64. The number of rotatable bonds is 7. The molecule has 2 aromatic rings. The van der Waals surface area contributed by atoms with E-state index in [1.165, 1.54) is 12.0 Å². The first kappa shape index (κ1) is 22.8. The van der Waals surface area contributed by atoms with Crippen LogP contribution in [0.4, 0.5) is 4.79 Å². The fourth-order valence-corrected chi connectivity index (χ4v) is 4.81. The van der Waals surface area contributed by atoms with Gasteiger partial charge in [0.05, 0.1) is 12.5 Å². The first-order valence-electron chi connectivity index (χ1n) is 11.0. The first-order valence-corrected chi connectivity index (χ1v) is 11.0. The summed E-state index contributed by atoms with van der Waals surface area (Å²) in [6, 6.07) is 15.1. The van der Waals surface area contributed by atoms with Gasteiger partial charge in [-0.25, -0.2) is 4.79 Å². The number of nitrogens with one attached hydrogen (secondary N) is 1. The molecule has 1 aliphatic carbocycles. The molecule has 0 radical (unpaired) electrons. The summed E-state index contributed by atoms with van der Waals surface area (Å²) in [5, 5.41) is 11.9. The molecule has 174 valence electrons. The molecule has 0 aromatic heterocycles. The molecule has 2 amide bonds. The quantitative estimate of drug-likeness (QED) is 0.669. The molecule has 2 aliphatic rings. The summed E-state index contributed by atoms with van der Waals surface area (Å²) in [7, 11) is 1.44. The minimum Gasteiger partial charge on any atom is -0.481 e. The highest BCUT2D eigenvalue weighted by Crippen LogP contribution is 2.44. The summed E-state index contributed by atoms with van der Waals surface area (Å²) >= 11 is 0. The van der Waals surface area contributed by atoms with E-state index in [1.54, 1.807) is 6.92 Å². The van der Waals surface area contributed by atoms with Gasteiger partial charge in [0.25, 0.3) is 0 Å². The number of methoxy groups -OCH3 is 1. The van der Waals surface area contributed by atoms with Gasteiger partial charge in [0.1, 0.15) is 12.6 Å². The Bertz CT molecular complexity index is 1010. The van der Waals surface area contributed by atoms with Gasteiger partial charge < -0.3 is 24.8 Å². The maximum absolute atomic E-state index is 13.0. The highest BCUT2D eigenvalue weighted by atomic mass is 16.5. The van der Waals surface area contributed by atoms with Gasteiger partial charge in [-0.1, -0.05) is 55.5 Å². The van der Waals surface area contributed by atoms with Crippen molar-refractivity contribution in [2.45, 2.75) is 18.9 Å². The molecule has 2 aromatic carbocycles. The number of alkyl carbamates (subject to hydrolysis) is 1. The number of hydrogen-bond acceptors (Lipinski definition) is 5. The van der Waals surface area contributed by atoms with Crippen LogP contribution < -0.4 is 5.32 Å². The van der Waals surface area contributed by atoms with Crippen LogP contribution in [0.1, 0.15) is 24.0 Å². The van der Waals surface area contributed by atoms with Crippen LogP contribution >= 0.6 is 0 Å². The Balaban J connectivity index is 1.40. The standard InChI is InChI=1S/C25H28N2O6/c1-15-11-27(12-20(15)24(29)30)23(28)22(14-32-2)26-25(31)33-13-21-18-9-5-3-7-16(18)17-8-4-6-10-19(17)21/h3-10,15,20-22H,11-14H2,1-2H3,(H,26,31)(H,29,30)/t15-,20-,22?/m1/s1. The van der Waals surface area contributed by atoms with Gasteiger partial charge in [0, 0.05) is 26.1 Å². The highest BCUT2D eigenvalue weighted by Gasteiger charge is 2.39. The van der Waals surface area contributed by atoms with Crippen LogP contribution in [0.25, 0.3) is 11.1 Å². The number of benzene rings is 2. The zero-order chi connectivity index (χ0) is 23.5. The van der Waals surface area contributed by atoms with Crippen molar-refractivity contribution in [2.75, 3.05) is 33.4 Å². The first-order chi connectivity index (χ1) is 15.9. The Morgan fingerprint density at radius 1 is 1.06 bits per heavy atom. The van der Waals surface area contributed by atoms with Crippen LogP contribution in [0, 0.1) is 11.8 Å². The lowest BCUT2D eigenvalue weighted by Crippen LogP contribution is -2.50. The molecule has 1 fully saturated rings. The Morgan fingerprint density at radius 2 is 1.67 bits per heavy atom. The molecular formula is C25H28N2O6. The zero-order valence-corrected chi connectivity index (χ0v) is 18.7. The third-order valence-corrected chi connectivity index (χ3v) is 6.51. The van der Waals surface area contributed by atoms with Crippen molar-refractivity contribution in [3.8, 4) is 11.1 Å². The number of fused-ring (bicyclic) bond motifs is 3. The van der Waals surface area contributed by atoms with Gasteiger partial charge in [-0.15, -0.1) is 0 Å². The molecule has 8 nitrogen and oxygen atoms in total. The number of carbonyl (C=O) groups excluding carboxylic acids is 2. The van der Waals surface area contributed by atoms with Crippen molar-refractivity contribution >= 4 is 18.0 Å². The molecule has 1 unspecified atom stereocenters. The molecule has 0 spiro atoms. The summed E-state index contributed by atoms with van der Waals surface area (Å²) in [6.07, 6.45) is -0.714. The normalized spacial score (nSPS) is 20.1. The van der Waals surface area contributed by atoms with Crippen LogP contribution in [0.5, 0.6) is 0 Å². The number of carboxylic acid groups (broad SMARTS) is 1. The van der Waals surface area contributed by atoms with E-state index in [0.29, 0.717) is 6.54 Å². The maximum Gasteiger partial charge on any atom is 0.407 e. The fraction of sp³-hybridized carbons (Fsp3) is 0.400. The smallest absolute Gasteiger partial charge is 0.407 e. The van der Waals surface area contributed by atoms with E-state index < -0.39 is 24.0 Å². The van der Waals surface area contributed by atoms with E-state index in [-0.39, 0.29) is 37.5 Å². The van der Waals surface area contributed by atoms with E-state index >= 15 is 0 Å². The van der Waals surface area contributed by atoms with Crippen molar-refractivity contribution in [1.82, 2.24) is 10.2 Å². The molecular weight excluding hydrogens is 424 g/mol. The summed E-state index contributed by atoms with van der Waals surface area (Å²) in [5.74, 6) is -2.17. The van der Waals surface area contributed by atoms with Crippen LogP contribution in [-0.4, -0.2) is 67.4 Å². The second kappa shape index (κ2) is 9.62. The predicted octanol–water partition coefficient (Wildman–Crippen LogP) is 2.72. The molecule has 0 saturated carbocycles. The van der Waals surface area contributed by atoms with Gasteiger partial charge in [-0.2, -0.15) is 0 Å². The maximum atomic E-state index is 13.0. The summed E-state index contributed by atoms with van der Waals surface area (Å²) in [5.41, 5.74) is 4.46. The van der Waals surface area contributed by atoms with Gasteiger partial charge in [-0.05, 0) is 28.2 Å². The van der Waals surface area contributed by atoms with E-state index in [2.05, 4.69) is 17.4 Å². The minimum atomic E-state index is -0.953. The second-order valence-electron chi connectivity index (χ2n) is 8.64. The number of likely N-dealkylation sites (tertiary alicyclic amines) is 1. The average Bonchev–Trinajstić information content (AvgIpc) is 3.35. The number of carboxylic acids is 1. The molecule has 8 heteroatoms. The number of aliphatic carboxylic acids is 1. The monoisotopic (exact) mass is 452 g/mol. The van der Waals surface area contributed by atoms with Crippen LogP contribution in [-0.2, 0) is 19.1 Å². The largest absolute Gasteiger partial charge is 0.481 e. The lowest BCUT2D eigenvalue weighted by Gasteiger charge is -2.24. The molecule has 1 heterocycles. The summed E-state index contributed by atoms with van der Waals surface area (Å²) in [6.45, 7) is 2.34. The number of carbonyl (C=O) groups is 3. The average molecular weight is 453 g/mol. The highest BCUT2D eigenvalue weighted by molar-refractivity contribution is 5.87. The summed E-state index contributed by atoms with van der Waals surface area (Å²) in [4.78, 5) is 38.4. The number of nitrogens with zero attached hydrogens (tertiary/aromatic N) is 1.